The number of likely N-dealkylation sites (tertiary alicyclic amines) is 1. The van der Waals surface area contributed by atoms with Crippen molar-refractivity contribution in [1.29, 1.82) is 0 Å². The molecule has 2 aromatic carbocycles. The lowest BCUT2D eigenvalue weighted by molar-refractivity contribution is -0.128. The highest BCUT2D eigenvalue weighted by atomic mass is 35.5. The minimum Gasteiger partial charge on any atom is -0.476 e. The molecular weight excluding hydrogens is 582 g/mol. The molecule has 4 heterocycles. The molecule has 1 saturated heterocycles. The number of rotatable bonds is 7. The van der Waals surface area contributed by atoms with E-state index in [1.807, 2.05) is 6.07 Å². The maximum atomic E-state index is 15.7. The number of nitrogens with two attached hydrogens (primary N) is 1. The second-order valence-electron chi connectivity index (χ2n) is 11.3. The van der Waals surface area contributed by atoms with E-state index in [1.54, 1.807) is 48.1 Å². The number of primary amides is 1. The van der Waals surface area contributed by atoms with E-state index in [1.165, 1.54) is 6.20 Å². The van der Waals surface area contributed by atoms with Gasteiger partial charge in [-0.25, -0.2) is 14.1 Å². The molecule has 1 spiro atoms. The van der Waals surface area contributed by atoms with Crippen LogP contribution >= 0.6 is 23.2 Å². The molecule has 1 saturated carbocycles. The topological polar surface area (TPSA) is 115 Å². The van der Waals surface area contributed by atoms with Crippen molar-refractivity contribution in [2.24, 2.45) is 18.7 Å². The van der Waals surface area contributed by atoms with Gasteiger partial charge in [0.25, 0.3) is 0 Å². The van der Waals surface area contributed by atoms with Gasteiger partial charge in [-0.3, -0.25) is 14.5 Å². The Morgan fingerprint density at radius 1 is 1.21 bits per heavy atom. The molecular formula is C30H27Cl2FN6O3. The molecule has 2 fully saturated rings. The van der Waals surface area contributed by atoms with Crippen LogP contribution in [-0.2, 0) is 17.4 Å². The predicted molar refractivity (Wildman–Crippen MR) is 156 cm³/mol. The highest BCUT2D eigenvalue weighted by Crippen LogP contribution is 2.58. The van der Waals surface area contributed by atoms with Crippen LogP contribution in [0.2, 0.25) is 10.2 Å². The number of amides is 2. The number of halogens is 3. The summed E-state index contributed by atoms with van der Waals surface area (Å²) >= 11 is 12.5. The first-order valence-corrected chi connectivity index (χ1v) is 14.5. The van der Waals surface area contributed by atoms with Crippen molar-refractivity contribution in [3.05, 3.63) is 81.3 Å². The first-order chi connectivity index (χ1) is 20.2. The Morgan fingerprint density at radius 2 is 2.02 bits per heavy atom. The fourth-order valence-corrected chi connectivity index (χ4v) is 7.08. The van der Waals surface area contributed by atoms with Gasteiger partial charge >= 0.3 is 0 Å². The molecule has 3 N–H and O–H groups in total. The lowest BCUT2D eigenvalue weighted by Crippen LogP contribution is -2.53. The molecule has 3 aliphatic rings. The molecule has 1 aliphatic carbocycles. The van der Waals surface area contributed by atoms with Crippen molar-refractivity contribution >= 4 is 51.6 Å². The van der Waals surface area contributed by atoms with Crippen molar-refractivity contribution in [2.45, 2.75) is 36.8 Å². The van der Waals surface area contributed by atoms with Crippen LogP contribution < -0.4 is 15.8 Å². The van der Waals surface area contributed by atoms with E-state index < -0.39 is 23.2 Å². The summed E-state index contributed by atoms with van der Waals surface area (Å²) in [4.78, 5) is 32.0. The fourth-order valence-electron chi connectivity index (χ4n) is 6.74. The van der Waals surface area contributed by atoms with Crippen molar-refractivity contribution in [2.75, 3.05) is 18.5 Å². The van der Waals surface area contributed by atoms with Gasteiger partial charge in [0, 0.05) is 53.6 Å². The normalized spacial score (nSPS) is 23.5. The number of benzene rings is 2. The van der Waals surface area contributed by atoms with Crippen LogP contribution in [0, 0.1) is 11.7 Å². The predicted octanol–water partition coefficient (Wildman–Crippen LogP) is 5.01. The van der Waals surface area contributed by atoms with E-state index in [-0.39, 0.29) is 23.7 Å². The van der Waals surface area contributed by atoms with Crippen molar-refractivity contribution in [3.8, 4) is 5.88 Å². The van der Waals surface area contributed by atoms with E-state index in [0.717, 1.165) is 23.8 Å². The Hall–Kier alpha value is -3.73. The number of anilines is 1. The van der Waals surface area contributed by atoms with Gasteiger partial charge in [-0.1, -0.05) is 29.3 Å². The monoisotopic (exact) mass is 608 g/mol. The summed E-state index contributed by atoms with van der Waals surface area (Å²) in [5.41, 5.74) is 6.88. The van der Waals surface area contributed by atoms with Crippen LogP contribution in [0.25, 0.3) is 10.9 Å². The second kappa shape index (κ2) is 9.93. The molecule has 2 aliphatic heterocycles. The minimum absolute atomic E-state index is 0.216. The van der Waals surface area contributed by atoms with Crippen molar-refractivity contribution in [1.82, 2.24) is 19.7 Å². The Labute approximate surface area is 250 Å². The summed E-state index contributed by atoms with van der Waals surface area (Å²) < 4.78 is 23.7. The van der Waals surface area contributed by atoms with Gasteiger partial charge in [0.15, 0.2) is 11.0 Å². The number of pyridine rings is 1. The van der Waals surface area contributed by atoms with E-state index in [0.29, 0.717) is 52.1 Å². The summed E-state index contributed by atoms with van der Waals surface area (Å²) in [6.07, 6.45) is 4.02. The zero-order valence-corrected chi connectivity index (χ0v) is 24.1. The SMILES string of the molecule is Cn1nc2cc(C(N)=O)ccc2c1OC[C@H]1C[C@H](c2ccnc(Cl)c2F)[C@]2(C(=O)Nc3cc(Cl)ccc32)N1CC1CC1. The standard InChI is InChI=1S/C30H27Cl2FN6O3/c1-38-28(20-6-4-16(27(34)40)10-23(20)37-38)42-14-18-12-22(19-8-9-35-26(32)25(19)33)30(39(18)13-15-2-3-15)21-7-5-17(31)11-24(21)36-29(30)41/h4-11,15,18,22H,2-3,12-14H2,1H3,(H2,34,40)(H,36,41)/t18-,22-,30-/m1/s1. The lowest BCUT2D eigenvalue weighted by Gasteiger charge is -2.40. The summed E-state index contributed by atoms with van der Waals surface area (Å²) in [6.45, 7) is 0.863. The highest BCUT2D eigenvalue weighted by Gasteiger charge is 2.64. The third-order valence-electron chi connectivity index (χ3n) is 8.77. The molecule has 9 nitrogen and oxygen atoms in total. The average molecular weight is 609 g/mol. The second-order valence-corrected chi connectivity index (χ2v) is 12.1. The van der Waals surface area contributed by atoms with Crippen LogP contribution in [0.1, 0.15) is 46.7 Å². The summed E-state index contributed by atoms with van der Waals surface area (Å²) in [6, 6.07) is 11.7. The first kappa shape index (κ1) is 27.1. The molecule has 0 bridgehead atoms. The molecule has 2 aromatic heterocycles. The Balaban J connectivity index is 1.32. The van der Waals surface area contributed by atoms with Gasteiger partial charge in [0.2, 0.25) is 17.7 Å². The largest absolute Gasteiger partial charge is 0.476 e. The summed E-state index contributed by atoms with van der Waals surface area (Å²) in [7, 11) is 1.76. The molecule has 3 atom stereocenters. The zero-order chi connectivity index (χ0) is 29.3. The van der Waals surface area contributed by atoms with Crippen LogP contribution in [0.3, 0.4) is 0 Å². The molecule has 2 amide bonds. The van der Waals surface area contributed by atoms with Gasteiger partial charge in [0.1, 0.15) is 12.1 Å². The molecule has 7 rings (SSSR count). The number of hydrogen-bond donors (Lipinski definition) is 2. The van der Waals surface area contributed by atoms with Crippen LogP contribution in [0.4, 0.5) is 10.1 Å². The number of fused-ring (bicyclic) bond motifs is 3. The number of ether oxygens (including phenoxy) is 1. The van der Waals surface area contributed by atoms with E-state index >= 15 is 4.39 Å². The maximum Gasteiger partial charge on any atom is 0.250 e. The van der Waals surface area contributed by atoms with Gasteiger partial charge < -0.3 is 15.8 Å². The minimum atomic E-state index is -1.20. The lowest BCUT2D eigenvalue weighted by atomic mass is 9.75. The Bertz CT molecular complexity index is 1780. The van der Waals surface area contributed by atoms with E-state index in [9.17, 15) is 9.59 Å². The number of carbonyl (C=O) groups is 2. The quantitative estimate of drug-likeness (QED) is 0.285. The number of aromatic nitrogens is 3. The number of carbonyl (C=O) groups excluding carboxylic acids is 2. The Morgan fingerprint density at radius 3 is 2.79 bits per heavy atom. The first-order valence-electron chi connectivity index (χ1n) is 13.8. The number of nitrogens with one attached hydrogen (secondary N) is 1. The average Bonchev–Trinajstić information content (AvgIpc) is 3.56. The van der Waals surface area contributed by atoms with Gasteiger partial charge in [-0.15, -0.1) is 0 Å². The van der Waals surface area contributed by atoms with Crippen LogP contribution in [0.15, 0.2) is 48.7 Å². The third kappa shape index (κ3) is 4.15. The smallest absolute Gasteiger partial charge is 0.250 e. The molecule has 0 unspecified atom stereocenters. The fraction of sp³-hybridized carbons (Fsp3) is 0.333. The van der Waals surface area contributed by atoms with E-state index in [4.69, 9.17) is 33.7 Å². The third-order valence-corrected chi connectivity index (χ3v) is 9.27. The van der Waals surface area contributed by atoms with E-state index in [2.05, 4.69) is 20.3 Å². The molecule has 216 valence electrons. The molecule has 0 radical (unpaired) electrons. The van der Waals surface area contributed by atoms with Crippen LogP contribution in [-0.4, -0.2) is 50.7 Å². The summed E-state index contributed by atoms with van der Waals surface area (Å²) in [5, 5.41) is 8.53. The molecule has 42 heavy (non-hydrogen) atoms. The number of aryl methyl sites for hydroxylation is 1. The van der Waals surface area contributed by atoms with Gasteiger partial charge in [-0.05, 0) is 67.1 Å². The maximum absolute atomic E-state index is 15.7. The zero-order valence-electron chi connectivity index (χ0n) is 22.6. The highest BCUT2D eigenvalue weighted by molar-refractivity contribution is 6.31. The number of hydrogen-bond acceptors (Lipinski definition) is 6. The van der Waals surface area contributed by atoms with Gasteiger partial charge in [-0.2, -0.15) is 5.10 Å². The Kier molecular flexibility index (Phi) is 6.41. The van der Waals surface area contributed by atoms with Gasteiger partial charge in [0.05, 0.1) is 10.9 Å². The van der Waals surface area contributed by atoms with Crippen molar-refractivity contribution in [3.63, 3.8) is 0 Å². The van der Waals surface area contributed by atoms with Crippen LogP contribution in [0.5, 0.6) is 5.88 Å². The van der Waals surface area contributed by atoms with Crippen molar-refractivity contribution < 1.29 is 18.7 Å². The molecule has 4 aromatic rings. The molecule has 12 heteroatoms. The summed E-state index contributed by atoms with van der Waals surface area (Å²) in [5.74, 6) is -1.04. The number of nitrogens with zero attached hydrogens (tertiary/aromatic N) is 4.